The van der Waals surface area contributed by atoms with Crippen molar-refractivity contribution in [3.63, 3.8) is 0 Å². The van der Waals surface area contributed by atoms with Gasteiger partial charge in [0.15, 0.2) is 5.78 Å². The quantitative estimate of drug-likeness (QED) is 0.444. The molecule has 0 spiro atoms. The summed E-state index contributed by atoms with van der Waals surface area (Å²) in [6, 6.07) is 8.34. The summed E-state index contributed by atoms with van der Waals surface area (Å²) in [7, 11) is 2.41. The van der Waals surface area contributed by atoms with E-state index < -0.39 is 76.5 Å². The van der Waals surface area contributed by atoms with Gasteiger partial charge in [-0.25, -0.2) is 4.79 Å². The molecule has 0 unspecified atom stereocenters. The Kier molecular flexibility index (Phi) is 6.08. The third-order valence-corrected chi connectivity index (χ3v) is 8.56. The number of nitrogens with one attached hydrogen (secondary N) is 2. The van der Waals surface area contributed by atoms with Crippen molar-refractivity contribution in [3.05, 3.63) is 58.7 Å². The molecule has 3 amide bonds. The molecule has 38 heavy (non-hydrogen) atoms. The van der Waals surface area contributed by atoms with Gasteiger partial charge in [-0.05, 0) is 37.3 Å². The van der Waals surface area contributed by atoms with Crippen molar-refractivity contribution >= 4 is 35.4 Å². The zero-order valence-electron chi connectivity index (χ0n) is 21.4. The van der Waals surface area contributed by atoms with Crippen LogP contribution in [0.3, 0.4) is 0 Å². The molecule has 0 bridgehead atoms. The number of esters is 2. The van der Waals surface area contributed by atoms with Gasteiger partial charge < -0.3 is 14.8 Å². The average molecular weight is 521 g/mol. The summed E-state index contributed by atoms with van der Waals surface area (Å²) in [5.74, 6) is -8.46. The summed E-state index contributed by atoms with van der Waals surface area (Å²) in [4.78, 5) is 79.5. The average Bonchev–Trinajstić information content (AvgIpc) is 3.24. The van der Waals surface area contributed by atoms with E-state index in [-0.39, 0.29) is 12.0 Å². The van der Waals surface area contributed by atoms with E-state index in [2.05, 4.69) is 10.6 Å². The lowest BCUT2D eigenvalue weighted by Crippen LogP contribution is -2.57. The molecular formula is C28H28N2O8. The van der Waals surface area contributed by atoms with Crippen molar-refractivity contribution in [2.45, 2.75) is 25.8 Å². The van der Waals surface area contributed by atoms with E-state index in [9.17, 15) is 28.8 Å². The van der Waals surface area contributed by atoms with E-state index in [1.165, 1.54) is 20.3 Å². The highest BCUT2D eigenvalue weighted by Crippen LogP contribution is 2.59. The van der Waals surface area contributed by atoms with Crippen LogP contribution in [0.2, 0.25) is 0 Å². The molecule has 1 fully saturated rings. The fraction of sp³-hybridized carbons (Fsp3) is 0.429. The summed E-state index contributed by atoms with van der Waals surface area (Å²) in [6.45, 7) is 3.26. The molecule has 0 aromatic heterocycles. The monoisotopic (exact) mass is 520 g/mol. The number of ether oxygens (including phenoxy) is 2. The molecule has 2 N–H and O–H groups in total. The van der Waals surface area contributed by atoms with Crippen molar-refractivity contribution < 1.29 is 38.2 Å². The van der Waals surface area contributed by atoms with Gasteiger partial charge in [0, 0.05) is 22.6 Å². The fourth-order valence-corrected chi connectivity index (χ4v) is 6.95. The van der Waals surface area contributed by atoms with E-state index in [1.54, 1.807) is 44.2 Å². The molecule has 10 heteroatoms. The highest BCUT2D eigenvalue weighted by Gasteiger charge is 2.66. The van der Waals surface area contributed by atoms with Crippen molar-refractivity contribution in [1.82, 2.24) is 10.6 Å². The molecule has 1 heterocycles. The molecule has 1 aromatic rings. The lowest BCUT2D eigenvalue weighted by molar-refractivity contribution is -0.146. The summed E-state index contributed by atoms with van der Waals surface area (Å²) in [6.07, 6.45) is 1.41. The van der Waals surface area contributed by atoms with E-state index >= 15 is 0 Å². The maximum atomic E-state index is 14.2. The first-order valence-corrected chi connectivity index (χ1v) is 12.4. The predicted octanol–water partition coefficient (Wildman–Crippen LogP) is 1.12. The topological polar surface area (TPSA) is 145 Å². The van der Waals surface area contributed by atoms with Gasteiger partial charge >= 0.3 is 11.9 Å². The Balaban J connectivity index is 1.73. The van der Waals surface area contributed by atoms with Crippen LogP contribution in [0, 0.1) is 35.5 Å². The van der Waals surface area contributed by atoms with Crippen LogP contribution in [-0.4, -0.2) is 55.2 Å². The molecule has 7 atom stereocenters. The number of Topliss-reactive ketones (excluding diaryl/α,β-unsaturated/α-hetero) is 1. The zero-order valence-corrected chi connectivity index (χ0v) is 21.4. The van der Waals surface area contributed by atoms with Gasteiger partial charge in [-0.2, -0.15) is 0 Å². The minimum absolute atomic E-state index is 0.0138. The van der Waals surface area contributed by atoms with Gasteiger partial charge in [0.05, 0.1) is 32.0 Å². The van der Waals surface area contributed by atoms with Gasteiger partial charge in [0.25, 0.3) is 5.91 Å². The minimum atomic E-state index is -1.62. The first-order valence-electron chi connectivity index (χ1n) is 12.4. The number of carbonyl (C=O) groups excluding carboxylic acids is 6. The Labute approximate surface area is 218 Å². The fourth-order valence-electron chi connectivity index (χ4n) is 6.95. The first kappa shape index (κ1) is 25.6. The van der Waals surface area contributed by atoms with Crippen molar-refractivity contribution in [3.8, 4) is 0 Å². The van der Waals surface area contributed by atoms with Crippen molar-refractivity contribution in [2.24, 2.45) is 35.5 Å². The highest BCUT2D eigenvalue weighted by atomic mass is 16.5. The molecule has 1 aromatic carbocycles. The van der Waals surface area contributed by atoms with E-state index in [0.717, 1.165) is 0 Å². The molecule has 0 saturated carbocycles. The van der Waals surface area contributed by atoms with Crippen molar-refractivity contribution in [1.29, 1.82) is 0 Å². The van der Waals surface area contributed by atoms with Crippen LogP contribution < -0.4 is 10.6 Å². The number of rotatable bonds is 4. The number of hydrogen-bond acceptors (Lipinski definition) is 8. The molecule has 10 nitrogen and oxygen atoms in total. The van der Waals surface area contributed by atoms with Crippen LogP contribution in [0.5, 0.6) is 0 Å². The summed E-state index contributed by atoms with van der Waals surface area (Å²) in [5, 5.41) is 5.25. The van der Waals surface area contributed by atoms with Crippen LogP contribution in [0.15, 0.2) is 53.1 Å². The van der Waals surface area contributed by atoms with Gasteiger partial charge in [-0.3, -0.25) is 29.3 Å². The number of methoxy groups -OCH3 is 2. The number of benzene rings is 1. The molecule has 0 radical (unpaired) electrons. The van der Waals surface area contributed by atoms with Gasteiger partial charge in [0.2, 0.25) is 11.8 Å². The second-order valence-electron chi connectivity index (χ2n) is 10.4. The number of amides is 3. The SMILES string of the molecule is COC(=O)C1=C[C@@H](C(=O)OC)[C@@H]2C3=C(C(=O)[C@]2(C)NC(=O)c2ccccc2)[C@H](C)[C@@H]2C(=O)NC(=O)[C@@H]2[C@@H]3C1. The number of imide groups is 1. The van der Waals surface area contributed by atoms with E-state index in [4.69, 9.17) is 9.47 Å². The van der Waals surface area contributed by atoms with E-state index in [0.29, 0.717) is 16.7 Å². The Bertz CT molecular complexity index is 1350. The van der Waals surface area contributed by atoms with Crippen LogP contribution in [0.4, 0.5) is 0 Å². The van der Waals surface area contributed by atoms with Crippen LogP contribution in [0.25, 0.3) is 0 Å². The molecule has 4 aliphatic rings. The predicted molar refractivity (Wildman–Crippen MR) is 131 cm³/mol. The number of ketones is 1. The van der Waals surface area contributed by atoms with Crippen molar-refractivity contribution in [2.75, 3.05) is 14.2 Å². The Morgan fingerprint density at radius 1 is 1.00 bits per heavy atom. The van der Waals surface area contributed by atoms with Gasteiger partial charge in [-0.1, -0.05) is 36.8 Å². The van der Waals surface area contributed by atoms with Crippen LogP contribution in [0.1, 0.15) is 30.6 Å². The third-order valence-electron chi connectivity index (χ3n) is 8.56. The summed E-state index contributed by atoms with van der Waals surface area (Å²) < 4.78 is 10.1. The molecule has 5 rings (SSSR count). The van der Waals surface area contributed by atoms with Gasteiger partial charge in [0.1, 0.15) is 5.54 Å². The molecular weight excluding hydrogens is 492 g/mol. The Morgan fingerprint density at radius 3 is 2.29 bits per heavy atom. The second-order valence-corrected chi connectivity index (χ2v) is 10.4. The Morgan fingerprint density at radius 2 is 1.66 bits per heavy atom. The maximum absolute atomic E-state index is 14.2. The van der Waals surface area contributed by atoms with E-state index in [1.807, 2.05) is 0 Å². The first-order chi connectivity index (χ1) is 18.0. The Hall–Kier alpha value is -4.08. The third kappa shape index (κ3) is 3.53. The van der Waals surface area contributed by atoms with Crippen LogP contribution >= 0.6 is 0 Å². The zero-order chi connectivity index (χ0) is 27.5. The molecule has 3 aliphatic carbocycles. The molecule has 1 saturated heterocycles. The van der Waals surface area contributed by atoms with Crippen LogP contribution in [-0.2, 0) is 33.4 Å². The van der Waals surface area contributed by atoms with Gasteiger partial charge in [-0.15, -0.1) is 0 Å². The normalized spacial score (nSPS) is 33.5. The lowest BCUT2D eigenvalue weighted by atomic mass is 9.62. The summed E-state index contributed by atoms with van der Waals surface area (Å²) >= 11 is 0. The lowest BCUT2D eigenvalue weighted by Gasteiger charge is -2.39. The molecule has 1 aliphatic heterocycles. The standard InChI is InChI=1S/C28H28N2O8/c1-12-17-19-15(20-18(12)24(33)29-25(20)34)10-14(26(35)37-3)11-16(27(36)38-4)21(19)28(2,22(17)31)30-23(32)13-8-6-5-7-9-13/h5-9,11-12,15-16,18,20-21H,10H2,1-4H3,(H,30,32)(H,29,33,34)/t12-,15+,16+,18-,20+,21+,28+/m0/s1. The smallest absolute Gasteiger partial charge is 0.333 e. The largest absolute Gasteiger partial charge is 0.469 e. The second kappa shape index (κ2) is 9.04. The number of fused-ring (bicyclic) bond motifs is 2. The highest BCUT2D eigenvalue weighted by molar-refractivity contribution is 6.14. The minimum Gasteiger partial charge on any atom is -0.469 e. The maximum Gasteiger partial charge on any atom is 0.333 e. The molecule has 198 valence electrons. The number of carbonyl (C=O) groups is 6. The number of hydrogen-bond donors (Lipinski definition) is 2. The summed E-state index contributed by atoms with van der Waals surface area (Å²) in [5.41, 5.74) is -0.343.